The normalized spacial score (nSPS) is 18.5. The molecule has 0 N–H and O–H groups in total. The Labute approximate surface area is 103 Å². The summed E-state index contributed by atoms with van der Waals surface area (Å²) >= 11 is 7.87. The Morgan fingerprint density at radius 1 is 1.33 bits per heavy atom. The lowest BCUT2D eigenvalue weighted by atomic mass is 10.4. The molecule has 0 spiro atoms. The van der Waals surface area contributed by atoms with E-state index in [1.54, 1.807) is 11.4 Å². The summed E-state index contributed by atoms with van der Waals surface area (Å²) in [6.45, 7) is 5.94. The smallest absolute Gasteiger partial charge is 0.170 e. The predicted octanol–water partition coefficient (Wildman–Crippen LogP) is 5.14. The fraction of sp³-hybridized carbons (Fsp3) is 1.00. The van der Waals surface area contributed by atoms with E-state index in [-0.39, 0.29) is 0 Å². The molecule has 2 atom stereocenters. The van der Waals surface area contributed by atoms with Crippen molar-refractivity contribution in [1.29, 1.82) is 0 Å². The minimum Gasteiger partial charge on any atom is -0.170 e. The summed E-state index contributed by atoms with van der Waals surface area (Å²) in [5, 5.41) is 0.358. The zero-order chi connectivity index (χ0) is 12.1. The Balaban J connectivity index is 4.26. The van der Waals surface area contributed by atoms with Crippen LogP contribution >= 0.6 is 27.2 Å². The minimum atomic E-state index is -4.10. The molecule has 7 heteroatoms. The molecule has 0 aromatic heterocycles. The van der Waals surface area contributed by atoms with E-state index in [4.69, 9.17) is 11.8 Å². The van der Waals surface area contributed by atoms with Crippen molar-refractivity contribution < 1.29 is 13.2 Å². The molecule has 15 heavy (non-hydrogen) atoms. The second kappa shape index (κ2) is 6.77. The number of alkyl halides is 3. The van der Waals surface area contributed by atoms with E-state index in [0.717, 1.165) is 17.8 Å². The van der Waals surface area contributed by atoms with Crippen molar-refractivity contribution in [2.75, 3.05) is 11.9 Å². The molecular formula is C8H16F3PS3. The highest BCUT2D eigenvalue weighted by molar-refractivity contribution is 9.00. The molecule has 0 aromatic rings. The van der Waals surface area contributed by atoms with Gasteiger partial charge in [-0.3, -0.25) is 0 Å². The highest BCUT2D eigenvalue weighted by Crippen LogP contribution is 2.71. The molecule has 0 aliphatic rings. The van der Waals surface area contributed by atoms with Gasteiger partial charge in [0.25, 0.3) is 0 Å². The second-order valence-corrected chi connectivity index (χ2v) is 15.7. The van der Waals surface area contributed by atoms with Crippen LogP contribution in [-0.2, 0) is 11.8 Å². The van der Waals surface area contributed by atoms with Crippen LogP contribution < -0.4 is 0 Å². The maximum Gasteiger partial charge on any atom is 0.398 e. The highest BCUT2D eigenvalue weighted by Gasteiger charge is 2.31. The Kier molecular flexibility index (Phi) is 7.29. The maximum atomic E-state index is 12.1. The second-order valence-electron chi connectivity index (χ2n) is 3.14. The lowest BCUT2D eigenvalue weighted by Gasteiger charge is -2.22. The van der Waals surface area contributed by atoms with E-state index >= 15 is 0 Å². The van der Waals surface area contributed by atoms with E-state index < -0.39 is 16.4 Å². The van der Waals surface area contributed by atoms with Gasteiger partial charge in [0.2, 0.25) is 0 Å². The Morgan fingerprint density at radius 3 is 2.20 bits per heavy atom. The van der Waals surface area contributed by atoms with E-state index in [2.05, 4.69) is 0 Å². The van der Waals surface area contributed by atoms with Gasteiger partial charge in [-0.05, 0) is 12.6 Å². The van der Waals surface area contributed by atoms with Crippen molar-refractivity contribution in [2.24, 2.45) is 0 Å². The Hall–Kier alpha value is 1.14. The molecule has 0 aromatic carbocycles. The molecule has 0 saturated heterocycles. The largest absolute Gasteiger partial charge is 0.398 e. The molecule has 2 unspecified atom stereocenters. The van der Waals surface area contributed by atoms with Crippen molar-refractivity contribution in [3.8, 4) is 0 Å². The van der Waals surface area contributed by atoms with Crippen LogP contribution in [0.4, 0.5) is 13.2 Å². The Bertz CT molecular complexity index is 230. The molecule has 0 fully saturated rings. The molecular weight excluding hydrogens is 280 g/mol. The molecule has 0 nitrogen and oxygen atoms in total. The standard InChI is InChI=1S/C8H16F3PS3/c1-4-7(3)15-12(13,5-2)14-6-8(9,10)11/h7H,4-6H2,1-3H3. The molecule has 0 aliphatic heterocycles. The number of rotatable bonds is 6. The van der Waals surface area contributed by atoms with Gasteiger partial charge in [0.1, 0.15) is 0 Å². The highest BCUT2D eigenvalue weighted by atomic mass is 33.2. The van der Waals surface area contributed by atoms with Crippen LogP contribution in [-0.4, -0.2) is 23.3 Å². The first-order valence-electron chi connectivity index (χ1n) is 4.71. The van der Waals surface area contributed by atoms with Gasteiger partial charge in [-0.2, -0.15) is 13.2 Å². The third-order valence-corrected chi connectivity index (χ3v) is 13.7. The first-order valence-corrected chi connectivity index (χ1v) is 10.8. The van der Waals surface area contributed by atoms with Crippen LogP contribution in [0.3, 0.4) is 0 Å². The molecule has 0 aliphatic carbocycles. The van der Waals surface area contributed by atoms with Gasteiger partial charge in [0.05, 0.1) is 10.2 Å². The topological polar surface area (TPSA) is 0 Å². The third kappa shape index (κ3) is 7.94. The summed E-state index contributed by atoms with van der Waals surface area (Å²) < 4.78 is 34.3. The molecule has 0 saturated carbocycles. The summed E-state index contributed by atoms with van der Waals surface area (Å²) in [5.74, 6) is -0.804. The van der Waals surface area contributed by atoms with Crippen LogP contribution in [0.25, 0.3) is 0 Å². The summed E-state index contributed by atoms with van der Waals surface area (Å²) in [6.07, 6.45) is -2.46. The molecule has 92 valence electrons. The molecule has 0 radical (unpaired) electrons. The molecule has 0 amide bonds. The zero-order valence-corrected chi connectivity index (χ0v) is 12.3. The van der Waals surface area contributed by atoms with E-state index in [1.807, 2.05) is 20.8 Å². The quantitative estimate of drug-likeness (QED) is 0.623. The van der Waals surface area contributed by atoms with Gasteiger partial charge < -0.3 is 0 Å². The molecule has 0 rings (SSSR count). The monoisotopic (exact) mass is 296 g/mol. The van der Waals surface area contributed by atoms with E-state index in [0.29, 0.717) is 11.4 Å². The van der Waals surface area contributed by atoms with Gasteiger partial charge in [0, 0.05) is 5.25 Å². The number of hydrogen-bond acceptors (Lipinski definition) is 3. The van der Waals surface area contributed by atoms with E-state index in [9.17, 15) is 13.2 Å². The lowest BCUT2D eigenvalue weighted by Crippen LogP contribution is -2.10. The van der Waals surface area contributed by atoms with Gasteiger partial charge in [-0.1, -0.05) is 32.6 Å². The summed E-state index contributed by atoms with van der Waals surface area (Å²) in [5.41, 5.74) is 0. The van der Waals surface area contributed by atoms with Crippen molar-refractivity contribution in [3.63, 3.8) is 0 Å². The zero-order valence-electron chi connectivity index (χ0n) is 9.00. The van der Waals surface area contributed by atoms with Crippen molar-refractivity contribution in [2.45, 2.75) is 38.6 Å². The summed E-state index contributed by atoms with van der Waals surface area (Å²) in [4.78, 5) is 0. The van der Waals surface area contributed by atoms with Gasteiger partial charge in [-0.15, -0.1) is 22.8 Å². The van der Waals surface area contributed by atoms with Gasteiger partial charge in [-0.25, -0.2) is 0 Å². The fourth-order valence-electron chi connectivity index (χ4n) is 0.716. The summed E-state index contributed by atoms with van der Waals surface area (Å²) in [7, 11) is 0. The van der Waals surface area contributed by atoms with Crippen LogP contribution in [0.1, 0.15) is 27.2 Å². The number of hydrogen-bond donors (Lipinski definition) is 0. The van der Waals surface area contributed by atoms with Crippen molar-refractivity contribution in [1.82, 2.24) is 0 Å². The van der Waals surface area contributed by atoms with Crippen LogP contribution in [0.5, 0.6) is 0 Å². The molecule has 0 heterocycles. The number of halogens is 3. The van der Waals surface area contributed by atoms with Crippen molar-refractivity contribution >= 4 is 39.0 Å². The third-order valence-electron chi connectivity index (χ3n) is 1.73. The predicted molar refractivity (Wildman–Crippen MR) is 70.7 cm³/mol. The first-order chi connectivity index (χ1) is 6.72. The van der Waals surface area contributed by atoms with Gasteiger partial charge in [0.15, 0.2) is 0 Å². The molecule has 0 bridgehead atoms. The first kappa shape index (κ1) is 16.1. The summed E-state index contributed by atoms with van der Waals surface area (Å²) in [6, 6.07) is 0. The minimum absolute atomic E-state index is 0.358. The van der Waals surface area contributed by atoms with Crippen LogP contribution in [0.15, 0.2) is 0 Å². The van der Waals surface area contributed by atoms with Crippen molar-refractivity contribution in [3.05, 3.63) is 0 Å². The average molecular weight is 296 g/mol. The maximum absolute atomic E-state index is 12.1. The SMILES string of the molecule is CCC(C)SP(=S)(CC)SCC(F)(F)F. The lowest BCUT2D eigenvalue weighted by molar-refractivity contribution is -0.104. The van der Waals surface area contributed by atoms with Crippen LogP contribution in [0, 0.1) is 0 Å². The van der Waals surface area contributed by atoms with E-state index in [1.165, 1.54) is 0 Å². The van der Waals surface area contributed by atoms with Gasteiger partial charge >= 0.3 is 6.18 Å². The Morgan fingerprint density at radius 2 is 1.87 bits per heavy atom. The fourth-order valence-corrected chi connectivity index (χ4v) is 10.6. The average Bonchev–Trinajstić information content (AvgIpc) is 2.14. The van der Waals surface area contributed by atoms with Crippen LogP contribution in [0.2, 0.25) is 0 Å².